The number of urea groups is 1. The van der Waals surface area contributed by atoms with Crippen molar-refractivity contribution in [3.63, 3.8) is 0 Å². The Morgan fingerprint density at radius 3 is 2.52 bits per heavy atom. The van der Waals surface area contributed by atoms with Crippen molar-refractivity contribution in [1.29, 1.82) is 0 Å². The standard InChI is InChI=1S/C18H29N3O2/c1-14(10-13-22)19-18(23)20-17-8-11-21(12-9-17)15(2)16-6-4-3-5-7-16/h3-7,14-15,17,22H,8-13H2,1-2H3,(H2,19,20,23)/t14-,15?/m1/s1. The smallest absolute Gasteiger partial charge is 0.315 e. The van der Waals surface area contributed by atoms with Gasteiger partial charge in [-0.15, -0.1) is 0 Å². The van der Waals surface area contributed by atoms with E-state index in [-0.39, 0.29) is 24.7 Å². The number of rotatable bonds is 6. The quantitative estimate of drug-likeness (QED) is 0.754. The average Bonchev–Trinajstić information content (AvgIpc) is 2.56. The second-order valence-electron chi connectivity index (χ2n) is 6.43. The molecule has 2 atom stereocenters. The molecule has 23 heavy (non-hydrogen) atoms. The maximum absolute atomic E-state index is 11.9. The zero-order valence-corrected chi connectivity index (χ0v) is 14.2. The number of hydrogen-bond acceptors (Lipinski definition) is 3. The van der Waals surface area contributed by atoms with Gasteiger partial charge in [0.1, 0.15) is 0 Å². The fourth-order valence-electron chi connectivity index (χ4n) is 3.09. The van der Waals surface area contributed by atoms with Crippen molar-refractivity contribution in [2.45, 2.75) is 51.2 Å². The highest BCUT2D eigenvalue weighted by Crippen LogP contribution is 2.23. The van der Waals surface area contributed by atoms with Gasteiger partial charge in [0.05, 0.1) is 0 Å². The molecular weight excluding hydrogens is 290 g/mol. The van der Waals surface area contributed by atoms with Crippen molar-refractivity contribution >= 4 is 6.03 Å². The molecule has 0 saturated carbocycles. The first-order valence-electron chi connectivity index (χ1n) is 8.57. The molecule has 1 saturated heterocycles. The topological polar surface area (TPSA) is 64.6 Å². The molecule has 5 nitrogen and oxygen atoms in total. The van der Waals surface area contributed by atoms with E-state index in [1.807, 2.05) is 13.0 Å². The van der Waals surface area contributed by atoms with E-state index in [0.717, 1.165) is 25.9 Å². The first-order chi connectivity index (χ1) is 11.1. The minimum atomic E-state index is -0.125. The third-order valence-corrected chi connectivity index (χ3v) is 4.63. The Morgan fingerprint density at radius 1 is 1.26 bits per heavy atom. The van der Waals surface area contributed by atoms with Gasteiger partial charge < -0.3 is 15.7 Å². The molecule has 0 bridgehead atoms. The summed E-state index contributed by atoms with van der Waals surface area (Å²) in [4.78, 5) is 14.4. The minimum Gasteiger partial charge on any atom is -0.396 e. The molecule has 128 valence electrons. The number of nitrogens with one attached hydrogen (secondary N) is 2. The molecule has 0 aliphatic carbocycles. The maximum Gasteiger partial charge on any atom is 0.315 e. The Hall–Kier alpha value is -1.59. The number of likely N-dealkylation sites (tertiary alicyclic amines) is 1. The van der Waals surface area contributed by atoms with Crippen molar-refractivity contribution in [2.24, 2.45) is 0 Å². The molecule has 1 aliphatic heterocycles. The summed E-state index contributed by atoms with van der Waals surface area (Å²) in [5, 5.41) is 14.8. The predicted molar refractivity (Wildman–Crippen MR) is 92.3 cm³/mol. The van der Waals surface area contributed by atoms with Gasteiger partial charge in [-0.2, -0.15) is 0 Å². The lowest BCUT2D eigenvalue weighted by molar-refractivity contribution is 0.152. The fourth-order valence-corrected chi connectivity index (χ4v) is 3.09. The first kappa shape index (κ1) is 17.8. The van der Waals surface area contributed by atoms with Crippen LogP contribution >= 0.6 is 0 Å². The summed E-state index contributed by atoms with van der Waals surface area (Å²) < 4.78 is 0. The number of amides is 2. The second kappa shape index (κ2) is 8.89. The number of carbonyl (C=O) groups is 1. The largest absolute Gasteiger partial charge is 0.396 e. The lowest BCUT2D eigenvalue weighted by atomic mass is 10.0. The van der Waals surface area contributed by atoms with E-state index in [0.29, 0.717) is 12.5 Å². The highest BCUT2D eigenvalue weighted by molar-refractivity contribution is 5.74. The van der Waals surface area contributed by atoms with Crippen molar-refractivity contribution < 1.29 is 9.90 Å². The average molecular weight is 319 g/mol. The van der Waals surface area contributed by atoms with E-state index >= 15 is 0 Å². The van der Waals surface area contributed by atoms with Crippen LogP contribution < -0.4 is 10.6 Å². The van der Waals surface area contributed by atoms with E-state index in [1.165, 1.54) is 5.56 Å². The summed E-state index contributed by atoms with van der Waals surface area (Å²) in [6.45, 7) is 6.23. The summed E-state index contributed by atoms with van der Waals surface area (Å²) in [6.07, 6.45) is 2.53. The van der Waals surface area contributed by atoms with Gasteiger partial charge in [0.2, 0.25) is 0 Å². The van der Waals surface area contributed by atoms with Crippen LogP contribution in [-0.2, 0) is 0 Å². The van der Waals surface area contributed by atoms with Gasteiger partial charge in [-0.1, -0.05) is 30.3 Å². The Balaban J connectivity index is 1.74. The van der Waals surface area contributed by atoms with E-state index in [4.69, 9.17) is 5.11 Å². The first-order valence-corrected chi connectivity index (χ1v) is 8.57. The molecule has 2 amide bonds. The number of aliphatic hydroxyl groups excluding tert-OH is 1. The van der Waals surface area contributed by atoms with Crippen molar-refractivity contribution in [3.05, 3.63) is 35.9 Å². The molecule has 1 unspecified atom stereocenters. The minimum absolute atomic E-state index is 0.00167. The van der Waals surface area contributed by atoms with Gasteiger partial charge in [0.25, 0.3) is 0 Å². The molecule has 1 aromatic carbocycles. The van der Waals surface area contributed by atoms with Gasteiger partial charge in [-0.05, 0) is 38.7 Å². The number of nitrogens with zero attached hydrogens (tertiary/aromatic N) is 1. The Kier molecular flexibility index (Phi) is 6.86. The zero-order chi connectivity index (χ0) is 16.7. The molecule has 1 heterocycles. The predicted octanol–water partition coefficient (Wildman–Crippen LogP) is 2.28. The molecule has 0 aromatic heterocycles. The second-order valence-corrected chi connectivity index (χ2v) is 6.43. The monoisotopic (exact) mass is 319 g/mol. The molecule has 1 aromatic rings. The van der Waals surface area contributed by atoms with Crippen LogP contribution in [0.5, 0.6) is 0 Å². The van der Waals surface area contributed by atoms with E-state index in [2.05, 4.69) is 46.7 Å². The number of hydrogen-bond donors (Lipinski definition) is 3. The van der Waals surface area contributed by atoms with Crippen LogP contribution in [0.15, 0.2) is 30.3 Å². The number of carbonyl (C=O) groups excluding carboxylic acids is 1. The molecule has 1 aliphatic rings. The Labute approximate surface area is 139 Å². The molecule has 0 spiro atoms. The van der Waals surface area contributed by atoms with Gasteiger partial charge in [0, 0.05) is 37.8 Å². The van der Waals surface area contributed by atoms with Gasteiger partial charge in [0.15, 0.2) is 0 Å². The van der Waals surface area contributed by atoms with Gasteiger partial charge in [-0.3, -0.25) is 4.90 Å². The van der Waals surface area contributed by atoms with Crippen LogP contribution in [0.1, 0.15) is 44.7 Å². The summed E-state index contributed by atoms with van der Waals surface area (Å²) >= 11 is 0. The fraction of sp³-hybridized carbons (Fsp3) is 0.611. The summed E-state index contributed by atoms with van der Waals surface area (Å²) in [6, 6.07) is 11.1. The van der Waals surface area contributed by atoms with Crippen LogP contribution in [0.25, 0.3) is 0 Å². The van der Waals surface area contributed by atoms with E-state index in [1.54, 1.807) is 0 Å². The van der Waals surface area contributed by atoms with Crippen molar-refractivity contribution in [1.82, 2.24) is 15.5 Å². The molecule has 1 fully saturated rings. The third-order valence-electron chi connectivity index (χ3n) is 4.63. The zero-order valence-electron chi connectivity index (χ0n) is 14.2. The lowest BCUT2D eigenvalue weighted by Gasteiger charge is -2.36. The Morgan fingerprint density at radius 2 is 1.91 bits per heavy atom. The van der Waals surface area contributed by atoms with Gasteiger partial charge in [-0.25, -0.2) is 4.79 Å². The van der Waals surface area contributed by atoms with Crippen LogP contribution in [0.2, 0.25) is 0 Å². The molecule has 2 rings (SSSR count). The normalized spacial score (nSPS) is 19.1. The van der Waals surface area contributed by atoms with E-state index in [9.17, 15) is 4.79 Å². The highest BCUT2D eigenvalue weighted by Gasteiger charge is 2.24. The van der Waals surface area contributed by atoms with Crippen molar-refractivity contribution in [3.8, 4) is 0 Å². The number of piperidine rings is 1. The highest BCUT2D eigenvalue weighted by atomic mass is 16.3. The molecule has 3 N–H and O–H groups in total. The molecule has 5 heteroatoms. The third kappa shape index (κ3) is 5.52. The van der Waals surface area contributed by atoms with Crippen LogP contribution in [0.3, 0.4) is 0 Å². The SMILES string of the molecule is CC(c1ccccc1)N1CCC(NC(=O)N[C@H](C)CCO)CC1. The molecular formula is C18H29N3O2. The summed E-state index contributed by atoms with van der Waals surface area (Å²) in [7, 11) is 0. The van der Waals surface area contributed by atoms with Crippen LogP contribution in [0.4, 0.5) is 4.79 Å². The summed E-state index contributed by atoms with van der Waals surface area (Å²) in [5.41, 5.74) is 1.34. The number of benzene rings is 1. The van der Waals surface area contributed by atoms with Crippen LogP contribution in [-0.4, -0.2) is 47.8 Å². The van der Waals surface area contributed by atoms with E-state index < -0.39 is 0 Å². The Bertz CT molecular complexity index is 472. The lowest BCUT2D eigenvalue weighted by Crippen LogP contribution is -2.50. The number of aliphatic hydroxyl groups is 1. The maximum atomic E-state index is 11.9. The molecule has 0 radical (unpaired) electrons. The van der Waals surface area contributed by atoms with Crippen LogP contribution in [0, 0.1) is 0 Å². The summed E-state index contributed by atoms with van der Waals surface area (Å²) in [5.74, 6) is 0. The van der Waals surface area contributed by atoms with Crippen molar-refractivity contribution in [2.75, 3.05) is 19.7 Å². The van der Waals surface area contributed by atoms with Gasteiger partial charge >= 0.3 is 6.03 Å².